The number of carbonyl (C=O) groups is 1. The van der Waals surface area contributed by atoms with Gasteiger partial charge in [0.1, 0.15) is 5.75 Å². The molecule has 0 atom stereocenters. The molecule has 0 spiro atoms. The lowest BCUT2D eigenvalue weighted by Gasteiger charge is -2.29. The lowest BCUT2D eigenvalue weighted by Crippen LogP contribution is -2.45. The quantitative estimate of drug-likeness (QED) is 0.502. The van der Waals surface area contributed by atoms with Crippen molar-refractivity contribution in [3.63, 3.8) is 0 Å². The maximum Gasteiger partial charge on any atom is 0.244 e. The molecule has 3 N–H and O–H groups in total. The van der Waals surface area contributed by atoms with Crippen molar-refractivity contribution in [2.24, 2.45) is 5.84 Å². The monoisotopic (exact) mass is 268 g/mol. The summed E-state index contributed by atoms with van der Waals surface area (Å²) in [6.07, 6.45) is 3.55. The summed E-state index contributed by atoms with van der Waals surface area (Å²) in [5.74, 6) is 5.85. The molecule has 1 saturated carbocycles. The molecule has 1 aromatic rings. The van der Waals surface area contributed by atoms with E-state index in [4.69, 9.17) is 22.2 Å². The molecular formula is C13H17ClN2O2. The summed E-state index contributed by atoms with van der Waals surface area (Å²) in [5, 5.41) is 0.599. The first kappa shape index (κ1) is 13.2. The summed E-state index contributed by atoms with van der Waals surface area (Å²) >= 11 is 6.04. The van der Waals surface area contributed by atoms with Crippen LogP contribution >= 0.6 is 11.6 Å². The van der Waals surface area contributed by atoms with Gasteiger partial charge in [-0.2, -0.15) is 0 Å². The van der Waals surface area contributed by atoms with Crippen molar-refractivity contribution in [1.29, 1.82) is 0 Å². The number of ether oxygens (including phenoxy) is 1. The number of methoxy groups -OCH3 is 1. The molecule has 0 aliphatic heterocycles. The Morgan fingerprint density at radius 1 is 1.44 bits per heavy atom. The van der Waals surface area contributed by atoms with Crippen LogP contribution < -0.4 is 16.0 Å². The van der Waals surface area contributed by atoms with E-state index in [2.05, 4.69) is 5.43 Å². The SMILES string of the molecule is COc1ccc(Cl)cc1C1(C(=O)NN)CCCC1. The molecule has 98 valence electrons. The van der Waals surface area contributed by atoms with Gasteiger partial charge in [-0.25, -0.2) is 5.84 Å². The smallest absolute Gasteiger partial charge is 0.244 e. The van der Waals surface area contributed by atoms with E-state index in [-0.39, 0.29) is 5.91 Å². The number of hydrogen-bond donors (Lipinski definition) is 2. The summed E-state index contributed by atoms with van der Waals surface area (Å²) in [4.78, 5) is 12.2. The van der Waals surface area contributed by atoms with Gasteiger partial charge in [-0.15, -0.1) is 0 Å². The van der Waals surface area contributed by atoms with E-state index in [1.807, 2.05) is 0 Å². The number of benzene rings is 1. The lowest BCUT2D eigenvalue weighted by molar-refractivity contribution is -0.126. The number of halogens is 1. The maximum atomic E-state index is 12.2. The highest BCUT2D eigenvalue weighted by atomic mass is 35.5. The van der Waals surface area contributed by atoms with Crippen LogP contribution in [0, 0.1) is 0 Å². The van der Waals surface area contributed by atoms with Gasteiger partial charge in [0.05, 0.1) is 12.5 Å². The molecule has 0 aromatic heterocycles. The highest BCUT2D eigenvalue weighted by molar-refractivity contribution is 6.30. The summed E-state index contributed by atoms with van der Waals surface area (Å²) < 4.78 is 5.35. The van der Waals surface area contributed by atoms with Crippen LogP contribution in [0.25, 0.3) is 0 Å². The minimum absolute atomic E-state index is 0.166. The van der Waals surface area contributed by atoms with Crippen molar-refractivity contribution in [1.82, 2.24) is 5.43 Å². The molecule has 1 aromatic carbocycles. The van der Waals surface area contributed by atoms with Crippen molar-refractivity contribution in [3.8, 4) is 5.75 Å². The van der Waals surface area contributed by atoms with Gasteiger partial charge >= 0.3 is 0 Å². The second kappa shape index (κ2) is 5.16. The second-order valence-corrected chi connectivity index (χ2v) is 5.04. The average Bonchev–Trinajstić information content (AvgIpc) is 2.88. The van der Waals surface area contributed by atoms with Gasteiger partial charge < -0.3 is 4.74 Å². The molecule has 2 rings (SSSR count). The number of hydrazine groups is 1. The first-order chi connectivity index (χ1) is 8.64. The third kappa shape index (κ3) is 2.06. The third-order valence-electron chi connectivity index (χ3n) is 3.70. The number of nitrogens with two attached hydrogens (primary N) is 1. The van der Waals surface area contributed by atoms with Crippen LogP contribution in [0.2, 0.25) is 5.02 Å². The Kier molecular flexibility index (Phi) is 3.78. The molecule has 4 nitrogen and oxygen atoms in total. The summed E-state index contributed by atoms with van der Waals surface area (Å²) in [5.41, 5.74) is 2.50. The van der Waals surface area contributed by atoms with Gasteiger partial charge in [-0.3, -0.25) is 10.2 Å². The fourth-order valence-electron chi connectivity index (χ4n) is 2.79. The second-order valence-electron chi connectivity index (χ2n) is 4.61. The van der Waals surface area contributed by atoms with E-state index >= 15 is 0 Å². The number of carbonyl (C=O) groups excluding carboxylic acids is 1. The molecule has 0 saturated heterocycles. The first-order valence-electron chi connectivity index (χ1n) is 5.99. The van der Waals surface area contributed by atoms with Gasteiger partial charge in [0.15, 0.2) is 0 Å². The van der Waals surface area contributed by atoms with Gasteiger partial charge in [0, 0.05) is 10.6 Å². The van der Waals surface area contributed by atoms with Crippen LogP contribution in [-0.2, 0) is 10.2 Å². The predicted molar refractivity (Wildman–Crippen MR) is 70.5 cm³/mol. The third-order valence-corrected chi connectivity index (χ3v) is 3.94. The fraction of sp³-hybridized carbons (Fsp3) is 0.462. The number of nitrogens with one attached hydrogen (secondary N) is 1. The molecule has 1 amide bonds. The Labute approximate surface area is 111 Å². The predicted octanol–water partition coefficient (Wildman–Crippen LogP) is 2.15. The molecule has 0 unspecified atom stereocenters. The zero-order valence-electron chi connectivity index (χ0n) is 10.3. The van der Waals surface area contributed by atoms with Crippen LogP contribution in [0.3, 0.4) is 0 Å². The topological polar surface area (TPSA) is 64.3 Å². The summed E-state index contributed by atoms with van der Waals surface area (Å²) in [6, 6.07) is 5.36. The first-order valence-corrected chi connectivity index (χ1v) is 6.37. The van der Waals surface area contributed by atoms with Crippen molar-refractivity contribution < 1.29 is 9.53 Å². The van der Waals surface area contributed by atoms with E-state index in [0.29, 0.717) is 10.8 Å². The molecular weight excluding hydrogens is 252 g/mol. The average molecular weight is 269 g/mol. The summed E-state index contributed by atoms with van der Waals surface area (Å²) in [6.45, 7) is 0. The van der Waals surface area contributed by atoms with Crippen molar-refractivity contribution >= 4 is 17.5 Å². The van der Waals surface area contributed by atoms with E-state index < -0.39 is 5.41 Å². The van der Waals surface area contributed by atoms with Crippen molar-refractivity contribution in [2.45, 2.75) is 31.1 Å². The molecule has 1 aliphatic carbocycles. The lowest BCUT2D eigenvalue weighted by atomic mass is 9.77. The van der Waals surface area contributed by atoms with Crippen LogP contribution in [0.5, 0.6) is 5.75 Å². The van der Waals surface area contributed by atoms with Gasteiger partial charge in [0.25, 0.3) is 0 Å². The molecule has 18 heavy (non-hydrogen) atoms. The Morgan fingerprint density at radius 3 is 2.67 bits per heavy atom. The van der Waals surface area contributed by atoms with E-state index in [9.17, 15) is 4.79 Å². The van der Waals surface area contributed by atoms with Crippen molar-refractivity contribution in [3.05, 3.63) is 28.8 Å². The molecule has 0 radical (unpaired) electrons. The maximum absolute atomic E-state index is 12.2. The minimum Gasteiger partial charge on any atom is -0.496 e. The fourth-order valence-corrected chi connectivity index (χ4v) is 2.96. The van der Waals surface area contributed by atoms with E-state index in [0.717, 1.165) is 31.2 Å². The normalized spacial score (nSPS) is 17.5. The van der Waals surface area contributed by atoms with Crippen molar-refractivity contribution in [2.75, 3.05) is 7.11 Å². The molecule has 5 heteroatoms. The van der Waals surface area contributed by atoms with E-state index in [1.54, 1.807) is 25.3 Å². The van der Waals surface area contributed by atoms with Crippen LogP contribution in [-0.4, -0.2) is 13.0 Å². The largest absolute Gasteiger partial charge is 0.496 e. The number of amides is 1. The highest BCUT2D eigenvalue weighted by Gasteiger charge is 2.44. The standard InChI is InChI=1S/C13H17ClN2O2/c1-18-11-5-4-9(14)8-10(11)13(12(17)16-15)6-2-3-7-13/h4-5,8H,2-3,6-7,15H2,1H3,(H,16,17). The number of rotatable bonds is 3. The molecule has 1 aliphatic rings. The molecule has 0 bridgehead atoms. The van der Waals surface area contributed by atoms with Gasteiger partial charge in [-0.1, -0.05) is 24.4 Å². The Morgan fingerprint density at radius 2 is 2.11 bits per heavy atom. The Hall–Kier alpha value is -1.26. The Bertz CT molecular complexity index is 456. The van der Waals surface area contributed by atoms with Crippen LogP contribution in [0.4, 0.5) is 0 Å². The van der Waals surface area contributed by atoms with Gasteiger partial charge in [0.2, 0.25) is 5.91 Å². The zero-order valence-corrected chi connectivity index (χ0v) is 11.1. The summed E-state index contributed by atoms with van der Waals surface area (Å²) in [7, 11) is 1.59. The van der Waals surface area contributed by atoms with Crippen LogP contribution in [0.15, 0.2) is 18.2 Å². The Balaban J connectivity index is 2.55. The molecule has 0 heterocycles. The van der Waals surface area contributed by atoms with E-state index in [1.165, 1.54) is 0 Å². The molecule has 1 fully saturated rings. The van der Waals surface area contributed by atoms with Crippen LogP contribution in [0.1, 0.15) is 31.2 Å². The zero-order chi connectivity index (χ0) is 13.2. The minimum atomic E-state index is -0.606. The van der Waals surface area contributed by atoms with Gasteiger partial charge in [-0.05, 0) is 31.0 Å². The number of hydrogen-bond acceptors (Lipinski definition) is 3. The highest BCUT2D eigenvalue weighted by Crippen LogP contribution is 2.45.